The number of nitrogens with zero attached hydrogens (tertiary/aromatic N) is 3. The second kappa shape index (κ2) is 6.83. The van der Waals surface area contributed by atoms with Gasteiger partial charge in [0.2, 0.25) is 0 Å². The van der Waals surface area contributed by atoms with E-state index in [-0.39, 0.29) is 24.5 Å². The number of alkyl halides is 1. The highest BCUT2D eigenvalue weighted by Gasteiger charge is 2.43. The number of rotatable bonds is 4. The zero-order valence-corrected chi connectivity index (χ0v) is 13.4. The van der Waals surface area contributed by atoms with Gasteiger partial charge in [-0.2, -0.15) is 5.10 Å². The van der Waals surface area contributed by atoms with Crippen molar-refractivity contribution in [2.45, 2.75) is 18.4 Å². The quantitative estimate of drug-likeness (QED) is 0.767. The van der Waals surface area contributed by atoms with Crippen LogP contribution in [0.2, 0.25) is 0 Å². The van der Waals surface area contributed by atoms with E-state index in [1.807, 2.05) is 0 Å². The minimum atomic E-state index is -0.681. The molecule has 1 aromatic heterocycles. The van der Waals surface area contributed by atoms with Gasteiger partial charge in [0.05, 0.1) is 18.5 Å². The number of aromatic nitrogens is 3. The van der Waals surface area contributed by atoms with Crippen LogP contribution < -0.4 is 0 Å². The Labute approximate surface area is 136 Å². The molecule has 1 aliphatic rings. The zero-order valence-electron chi connectivity index (χ0n) is 11.0. The standard InChI is InChI=1S/C13H13BrFN3O2.ClH/c14-5-12-19-7-13(20-12,6-18-9-16-8-17-18)10-1-3-11(15)4-2-10;/h1-4,8-9,12H,5-7H2;1H. The highest BCUT2D eigenvalue weighted by atomic mass is 79.9. The lowest BCUT2D eigenvalue weighted by atomic mass is 9.94. The summed E-state index contributed by atoms with van der Waals surface area (Å²) < 4.78 is 26.4. The first kappa shape index (κ1) is 16.4. The summed E-state index contributed by atoms with van der Waals surface area (Å²) in [4.78, 5) is 3.93. The predicted molar refractivity (Wildman–Crippen MR) is 80.0 cm³/mol. The summed E-state index contributed by atoms with van der Waals surface area (Å²) in [5.41, 5.74) is 0.178. The molecule has 0 spiro atoms. The zero-order chi connectivity index (χ0) is 14.0. The van der Waals surface area contributed by atoms with Crippen molar-refractivity contribution in [2.24, 2.45) is 0 Å². The van der Waals surface area contributed by atoms with Gasteiger partial charge >= 0.3 is 0 Å². The Morgan fingerprint density at radius 2 is 2.14 bits per heavy atom. The topological polar surface area (TPSA) is 49.2 Å². The van der Waals surface area contributed by atoms with Crippen LogP contribution in [0.25, 0.3) is 0 Å². The number of benzene rings is 1. The molecule has 0 aliphatic carbocycles. The molecule has 0 radical (unpaired) electrons. The second-order valence-corrected chi connectivity index (χ2v) is 5.25. The fraction of sp³-hybridized carbons (Fsp3) is 0.385. The maximum Gasteiger partial charge on any atom is 0.168 e. The fourth-order valence-corrected chi connectivity index (χ4v) is 2.60. The molecular formula is C13H14BrClFN3O2. The maximum atomic E-state index is 13.1. The average molecular weight is 379 g/mol. The monoisotopic (exact) mass is 377 g/mol. The van der Waals surface area contributed by atoms with Crippen LogP contribution in [0.4, 0.5) is 4.39 Å². The van der Waals surface area contributed by atoms with Crippen molar-refractivity contribution in [1.29, 1.82) is 0 Å². The molecule has 0 bridgehead atoms. The van der Waals surface area contributed by atoms with E-state index in [0.717, 1.165) is 5.56 Å². The summed E-state index contributed by atoms with van der Waals surface area (Å²) in [5, 5.41) is 4.68. The van der Waals surface area contributed by atoms with E-state index in [9.17, 15) is 4.39 Å². The van der Waals surface area contributed by atoms with E-state index in [0.29, 0.717) is 18.5 Å². The molecule has 0 N–H and O–H groups in total. The summed E-state index contributed by atoms with van der Waals surface area (Å²) >= 11 is 3.35. The van der Waals surface area contributed by atoms with Crippen LogP contribution in [0.3, 0.4) is 0 Å². The van der Waals surface area contributed by atoms with Gasteiger partial charge in [-0.05, 0) is 17.7 Å². The highest BCUT2D eigenvalue weighted by molar-refractivity contribution is 9.09. The predicted octanol–water partition coefficient (Wildman–Crippen LogP) is 2.50. The molecule has 1 saturated heterocycles. The van der Waals surface area contributed by atoms with Gasteiger partial charge in [0.25, 0.3) is 0 Å². The molecular weight excluding hydrogens is 365 g/mol. The maximum absolute atomic E-state index is 13.1. The van der Waals surface area contributed by atoms with Gasteiger partial charge in [-0.15, -0.1) is 12.4 Å². The van der Waals surface area contributed by atoms with E-state index >= 15 is 0 Å². The van der Waals surface area contributed by atoms with Gasteiger partial charge in [0, 0.05) is 0 Å². The number of hydrogen-bond acceptors (Lipinski definition) is 4. The Kier molecular flexibility index (Phi) is 5.32. The Balaban J connectivity index is 0.00000161. The van der Waals surface area contributed by atoms with Gasteiger partial charge in [-0.1, -0.05) is 28.1 Å². The Hall–Kier alpha value is -1.02. The second-order valence-electron chi connectivity index (χ2n) is 4.61. The lowest BCUT2D eigenvalue weighted by Crippen LogP contribution is -2.35. The first-order valence-electron chi connectivity index (χ1n) is 6.16. The summed E-state index contributed by atoms with van der Waals surface area (Å²) in [6, 6.07) is 6.27. The smallest absolute Gasteiger partial charge is 0.168 e. The molecule has 2 unspecified atom stereocenters. The highest BCUT2D eigenvalue weighted by Crippen LogP contribution is 2.35. The van der Waals surface area contributed by atoms with Crippen LogP contribution in [-0.4, -0.2) is 33.0 Å². The number of hydrogen-bond donors (Lipinski definition) is 0. The van der Waals surface area contributed by atoms with Crippen LogP contribution >= 0.6 is 28.3 Å². The minimum Gasteiger partial charge on any atom is -0.348 e. The van der Waals surface area contributed by atoms with E-state index < -0.39 is 5.60 Å². The fourth-order valence-electron chi connectivity index (χ4n) is 2.28. The normalized spacial score (nSPS) is 24.8. The lowest BCUT2D eigenvalue weighted by molar-refractivity contribution is -0.0830. The van der Waals surface area contributed by atoms with Crippen molar-refractivity contribution in [1.82, 2.24) is 14.8 Å². The summed E-state index contributed by atoms with van der Waals surface area (Å²) in [6.07, 6.45) is 2.76. The molecule has 2 heterocycles. The van der Waals surface area contributed by atoms with E-state index in [4.69, 9.17) is 9.47 Å². The van der Waals surface area contributed by atoms with Crippen molar-refractivity contribution in [3.05, 3.63) is 48.3 Å². The summed E-state index contributed by atoms with van der Waals surface area (Å²) in [5.74, 6) is -0.277. The van der Waals surface area contributed by atoms with Gasteiger partial charge in [-0.25, -0.2) is 14.1 Å². The third-order valence-corrected chi connectivity index (χ3v) is 3.77. The van der Waals surface area contributed by atoms with Crippen molar-refractivity contribution in [3.8, 4) is 0 Å². The first-order chi connectivity index (χ1) is 9.72. The largest absolute Gasteiger partial charge is 0.348 e. The average Bonchev–Trinajstić information content (AvgIpc) is 3.10. The molecule has 8 heteroatoms. The Morgan fingerprint density at radius 1 is 1.38 bits per heavy atom. The van der Waals surface area contributed by atoms with Crippen LogP contribution in [0, 0.1) is 5.82 Å². The van der Waals surface area contributed by atoms with Crippen LogP contribution in [-0.2, 0) is 21.6 Å². The van der Waals surface area contributed by atoms with E-state index in [2.05, 4.69) is 26.0 Å². The van der Waals surface area contributed by atoms with Gasteiger partial charge in [0.15, 0.2) is 6.29 Å². The van der Waals surface area contributed by atoms with E-state index in [1.165, 1.54) is 18.5 Å². The summed E-state index contributed by atoms with van der Waals surface area (Å²) in [6.45, 7) is 0.844. The van der Waals surface area contributed by atoms with E-state index in [1.54, 1.807) is 23.1 Å². The molecule has 1 aromatic carbocycles. The number of ether oxygens (including phenoxy) is 2. The van der Waals surface area contributed by atoms with Gasteiger partial charge in [0.1, 0.15) is 24.1 Å². The van der Waals surface area contributed by atoms with Crippen LogP contribution in [0.1, 0.15) is 5.56 Å². The van der Waals surface area contributed by atoms with Crippen LogP contribution in [0.5, 0.6) is 0 Å². The van der Waals surface area contributed by atoms with Gasteiger partial charge in [-0.3, -0.25) is 0 Å². The van der Waals surface area contributed by atoms with Crippen molar-refractivity contribution in [3.63, 3.8) is 0 Å². The molecule has 1 aliphatic heterocycles. The van der Waals surface area contributed by atoms with Crippen LogP contribution in [0.15, 0.2) is 36.9 Å². The summed E-state index contributed by atoms with van der Waals surface area (Å²) in [7, 11) is 0. The van der Waals surface area contributed by atoms with Crippen molar-refractivity contribution < 1.29 is 13.9 Å². The molecule has 21 heavy (non-hydrogen) atoms. The minimum absolute atomic E-state index is 0. The molecule has 2 atom stereocenters. The molecule has 5 nitrogen and oxygen atoms in total. The van der Waals surface area contributed by atoms with Crippen molar-refractivity contribution in [2.75, 3.05) is 11.9 Å². The third kappa shape index (κ3) is 3.42. The lowest BCUT2D eigenvalue weighted by Gasteiger charge is -2.27. The number of halogens is 3. The molecule has 3 rings (SSSR count). The molecule has 114 valence electrons. The SMILES string of the molecule is Cl.Fc1ccc(C2(Cn3cncn3)COC(CBr)O2)cc1. The Bertz CT molecular complexity index is 569. The molecule has 0 saturated carbocycles. The third-order valence-electron chi connectivity index (χ3n) is 3.24. The molecule has 2 aromatic rings. The van der Waals surface area contributed by atoms with Gasteiger partial charge < -0.3 is 9.47 Å². The molecule has 1 fully saturated rings. The first-order valence-corrected chi connectivity index (χ1v) is 7.28. The van der Waals surface area contributed by atoms with Crippen molar-refractivity contribution >= 4 is 28.3 Å². The molecule has 0 amide bonds. The Morgan fingerprint density at radius 3 is 2.71 bits per heavy atom.